The Morgan fingerprint density at radius 2 is 1.58 bits per heavy atom. The fourth-order valence-electron chi connectivity index (χ4n) is 2.89. The van der Waals surface area contributed by atoms with Crippen LogP contribution in [0.2, 0.25) is 0 Å². The summed E-state index contributed by atoms with van der Waals surface area (Å²) in [7, 11) is -2.45. The molecule has 31 heavy (non-hydrogen) atoms. The fourth-order valence-corrected chi connectivity index (χ4v) is 4.01. The van der Waals surface area contributed by atoms with E-state index < -0.39 is 10.0 Å². The van der Waals surface area contributed by atoms with E-state index >= 15 is 0 Å². The van der Waals surface area contributed by atoms with Gasteiger partial charge in [-0.3, -0.25) is 14.3 Å². The van der Waals surface area contributed by atoms with Crippen LogP contribution in [0.15, 0.2) is 83.8 Å². The van der Waals surface area contributed by atoms with Crippen molar-refractivity contribution in [2.45, 2.75) is 17.7 Å². The minimum absolute atomic E-state index is 0.00975. The van der Waals surface area contributed by atoms with Crippen molar-refractivity contribution >= 4 is 33.1 Å². The van der Waals surface area contributed by atoms with Gasteiger partial charge in [0.25, 0.3) is 10.0 Å². The number of sulfonamides is 1. The molecule has 0 saturated carbocycles. The van der Waals surface area contributed by atoms with Crippen LogP contribution in [0.1, 0.15) is 23.2 Å². The first kappa shape index (κ1) is 22.0. The average Bonchev–Trinajstić information content (AvgIpc) is 2.78. The lowest BCUT2D eigenvalue weighted by atomic mass is 10.1. The highest BCUT2D eigenvalue weighted by molar-refractivity contribution is 7.92. The van der Waals surface area contributed by atoms with Crippen molar-refractivity contribution in [3.63, 3.8) is 0 Å². The maximum Gasteiger partial charge on any atom is 0.262 e. The van der Waals surface area contributed by atoms with Gasteiger partial charge in [0.1, 0.15) is 5.75 Å². The van der Waals surface area contributed by atoms with Crippen molar-refractivity contribution in [1.82, 2.24) is 0 Å². The number of nitrogens with one attached hydrogen (secondary N) is 2. The minimum atomic E-state index is -3.90. The predicted molar refractivity (Wildman–Crippen MR) is 119 cm³/mol. The van der Waals surface area contributed by atoms with Gasteiger partial charge in [0.05, 0.1) is 17.7 Å². The fraction of sp³-hybridized carbons (Fsp3) is 0.130. The Balaban J connectivity index is 1.65. The molecule has 1 amide bonds. The molecule has 160 valence electrons. The molecule has 3 aromatic rings. The normalized spacial score (nSPS) is 10.9. The van der Waals surface area contributed by atoms with E-state index in [0.717, 1.165) is 0 Å². The molecule has 0 aromatic heterocycles. The Kier molecular flexibility index (Phi) is 7.04. The third-order valence-corrected chi connectivity index (χ3v) is 5.82. The second kappa shape index (κ2) is 9.90. The Labute approximate surface area is 181 Å². The summed E-state index contributed by atoms with van der Waals surface area (Å²) in [6, 6.07) is 21.3. The molecular weight excluding hydrogens is 416 g/mol. The number of para-hydroxylation sites is 2. The molecule has 0 aliphatic rings. The minimum Gasteiger partial charge on any atom is -0.495 e. The van der Waals surface area contributed by atoms with E-state index in [2.05, 4.69) is 10.0 Å². The van der Waals surface area contributed by atoms with Gasteiger partial charge in [0, 0.05) is 24.1 Å². The second-order valence-electron chi connectivity index (χ2n) is 6.67. The number of carbonyl (C=O) groups is 2. The molecule has 0 saturated heterocycles. The zero-order chi connectivity index (χ0) is 22.3. The zero-order valence-electron chi connectivity index (χ0n) is 16.9. The zero-order valence-corrected chi connectivity index (χ0v) is 17.7. The number of methoxy groups -OCH3 is 1. The number of ether oxygens (including phenoxy) is 1. The molecule has 0 aliphatic carbocycles. The number of rotatable bonds is 9. The van der Waals surface area contributed by atoms with E-state index in [0.29, 0.717) is 22.7 Å². The smallest absolute Gasteiger partial charge is 0.262 e. The average molecular weight is 439 g/mol. The monoisotopic (exact) mass is 438 g/mol. The van der Waals surface area contributed by atoms with Crippen LogP contribution in [-0.4, -0.2) is 27.2 Å². The van der Waals surface area contributed by atoms with Gasteiger partial charge in [-0.15, -0.1) is 0 Å². The molecule has 7 nitrogen and oxygen atoms in total. The van der Waals surface area contributed by atoms with Crippen LogP contribution >= 0.6 is 0 Å². The molecule has 3 aromatic carbocycles. The van der Waals surface area contributed by atoms with Crippen molar-refractivity contribution in [1.29, 1.82) is 0 Å². The van der Waals surface area contributed by atoms with E-state index in [9.17, 15) is 18.0 Å². The van der Waals surface area contributed by atoms with Gasteiger partial charge in [-0.05, 0) is 30.3 Å². The van der Waals surface area contributed by atoms with Crippen LogP contribution in [0.5, 0.6) is 5.75 Å². The maximum atomic E-state index is 12.8. The summed E-state index contributed by atoms with van der Waals surface area (Å²) in [4.78, 5) is 24.4. The van der Waals surface area contributed by atoms with E-state index in [4.69, 9.17) is 4.74 Å². The van der Waals surface area contributed by atoms with Gasteiger partial charge >= 0.3 is 0 Å². The summed E-state index contributed by atoms with van der Waals surface area (Å²) in [6.45, 7) is 0. The number of hydrogen-bond donors (Lipinski definition) is 2. The first-order valence-corrected chi connectivity index (χ1v) is 11.0. The van der Waals surface area contributed by atoms with Gasteiger partial charge in [0.2, 0.25) is 5.91 Å². The second-order valence-corrected chi connectivity index (χ2v) is 8.35. The Bertz CT molecular complexity index is 1180. The summed E-state index contributed by atoms with van der Waals surface area (Å²) in [5.41, 5.74) is 1.17. The highest BCUT2D eigenvalue weighted by Crippen LogP contribution is 2.26. The van der Waals surface area contributed by atoms with Gasteiger partial charge in [-0.1, -0.05) is 48.5 Å². The summed E-state index contributed by atoms with van der Waals surface area (Å²) in [5, 5.41) is 2.64. The number of anilines is 2. The number of carbonyl (C=O) groups excluding carboxylic acids is 2. The molecule has 2 N–H and O–H groups in total. The number of ketones is 1. The lowest BCUT2D eigenvalue weighted by Gasteiger charge is -2.12. The Morgan fingerprint density at radius 1 is 0.871 bits per heavy atom. The van der Waals surface area contributed by atoms with Gasteiger partial charge in [-0.25, -0.2) is 8.42 Å². The first-order chi connectivity index (χ1) is 14.9. The standard InChI is InChI=1S/C23H22N2O5S/c1-30-22-13-6-5-12-20(22)25-31(28,29)19-11-7-10-18(16-19)24-23(27)15-14-21(26)17-8-3-2-4-9-17/h2-13,16,25H,14-15H2,1H3,(H,24,27). The summed E-state index contributed by atoms with van der Waals surface area (Å²) in [6.07, 6.45) is 0.0490. The van der Waals surface area contributed by atoms with Crippen LogP contribution in [0.4, 0.5) is 11.4 Å². The third kappa shape index (κ3) is 5.93. The lowest BCUT2D eigenvalue weighted by molar-refractivity contribution is -0.116. The first-order valence-electron chi connectivity index (χ1n) is 9.53. The number of hydrogen-bond acceptors (Lipinski definition) is 5. The quantitative estimate of drug-likeness (QED) is 0.490. The Hall–Kier alpha value is -3.65. The summed E-state index contributed by atoms with van der Waals surface area (Å²) in [5.74, 6) is -0.122. The van der Waals surface area contributed by atoms with Crippen molar-refractivity contribution in [3.8, 4) is 5.75 Å². The molecule has 0 unspecified atom stereocenters. The van der Waals surface area contributed by atoms with Crippen LogP contribution in [-0.2, 0) is 14.8 Å². The molecule has 0 radical (unpaired) electrons. The largest absolute Gasteiger partial charge is 0.495 e. The van der Waals surface area contributed by atoms with Crippen LogP contribution in [0, 0.1) is 0 Å². The summed E-state index contributed by atoms with van der Waals surface area (Å²) >= 11 is 0. The van der Waals surface area contributed by atoms with E-state index in [-0.39, 0.29) is 29.4 Å². The molecule has 3 rings (SSSR count). The van der Waals surface area contributed by atoms with Crippen LogP contribution < -0.4 is 14.8 Å². The van der Waals surface area contributed by atoms with Crippen molar-refractivity contribution in [2.75, 3.05) is 17.1 Å². The van der Waals surface area contributed by atoms with Crippen LogP contribution in [0.3, 0.4) is 0 Å². The van der Waals surface area contributed by atoms with Crippen molar-refractivity contribution in [3.05, 3.63) is 84.4 Å². The van der Waals surface area contributed by atoms with Crippen LogP contribution in [0.25, 0.3) is 0 Å². The molecule has 8 heteroatoms. The van der Waals surface area contributed by atoms with Gasteiger partial charge in [-0.2, -0.15) is 0 Å². The van der Waals surface area contributed by atoms with E-state index in [1.165, 1.54) is 25.3 Å². The van der Waals surface area contributed by atoms with E-state index in [1.54, 1.807) is 54.6 Å². The highest BCUT2D eigenvalue weighted by atomic mass is 32.2. The predicted octanol–water partition coefficient (Wildman–Crippen LogP) is 4.10. The number of Topliss-reactive ketones (excluding diaryl/α,β-unsaturated/α-hetero) is 1. The maximum absolute atomic E-state index is 12.8. The van der Waals surface area contributed by atoms with Crippen molar-refractivity contribution < 1.29 is 22.7 Å². The molecule has 0 heterocycles. The molecule has 0 atom stereocenters. The molecule has 0 aliphatic heterocycles. The molecule has 0 spiro atoms. The topological polar surface area (TPSA) is 102 Å². The third-order valence-electron chi connectivity index (χ3n) is 4.45. The molecule has 0 bridgehead atoms. The molecule has 0 fully saturated rings. The molecular formula is C23H22N2O5S. The van der Waals surface area contributed by atoms with Gasteiger partial charge < -0.3 is 10.1 Å². The van der Waals surface area contributed by atoms with E-state index in [1.807, 2.05) is 6.07 Å². The highest BCUT2D eigenvalue weighted by Gasteiger charge is 2.17. The van der Waals surface area contributed by atoms with Gasteiger partial charge in [0.15, 0.2) is 5.78 Å². The SMILES string of the molecule is COc1ccccc1NS(=O)(=O)c1cccc(NC(=O)CCC(=O)c2ccccc2)c1. The number of amides is 1. The lowest BCUT2D eigenvalue weighted by Crippen LogP contribution is -2.16. The Morgan fingerprint density at radius 3 is 2.32 bits per heavy atom. The number of benzene rings is 3. The summed E-state index contributed by atoms with van der Waals surface area (Å²) < 4.78 is 33.2. The van der Waals surface area contributed by atoms with Crippen molar-refractivity contribution in [2.24, 2.45) is 0 Å².